The molecule has 0 amide bonds. The average molecular weight is 227 g/mol. The number of nitrogens with zero attached hydrogens (tertiary/aromatic N) is 2. The van der Waals surface area contributed by atoms with Crippen molar-refractivity contribution in [2.45, 2.75) is 20.3 Å². The number of aryl methyl sites for hydroxylation is 2. The zero-order chi connectivity index (χ0) is 12.1. The summed E-state index contributed by atoms with van der Waals surface area (Å²) in [5.74, 6) is 0.845. The molecule has 0 aliphatic rings. The molecule has 1 aromatic carbocycles. The second-order valence-electron chi connectivity index (χ2n) is 4.28. The van der Waals surface area contributed by atoms with E-state index in [1.54, 1.807) is 6.20 Å². The van der Waals surface area contributed by atoms with Crippen LogP contribution in [0.25, 0.3) is 0 Å². The fourth-order valence-electron chi connectivity index (χ4n) is 1.75. The van der Waals surface area contributed by atoms with Crippen LogP contribution >= 0.6 is 0 Å². The quantitative estimate of drug-likeness (QED) is 0.872. The lowest BCUT2D eigenvalue weighted by molar-refractivity contribution is 0.959. The maximum atomic E-state index is 4.03. The number of anilines is 1. The van der Waals surface area contributed by atoms with Crippen molar-refractivity contribution in [1.29, 1.82) is 0 Å². The number of hydrogen-bond acceptors (Lipinski definition) is 3. The molecule has 0 spiro atoms. The van der Waals surface area contributed by atoms with Crippen LogP contribution in [0.3, 0.4) is 0 Å². The summed E-state index contributed by atoms with van der Waals surface area (Å²) in [5, 5.41) is 11.2. The zero-order valence-electron chi connectivity index (χ0n) is 10.3. The Labute approximate surface area is 102 Å². The smallest absolute Gasteiger partial charge is 0.148 e. The lowest BCUT2D eigenvalue weighted by Gasteiger charge is -2.06. The molecule has 0 unspecified atom stereocenters. The van der Waals surface area contributed by atoms with Gasteiger partial charge in [-0.3, -0.25) is 0 Å². The summed E-state index contributed by atoms with van der Waals surface area (Å²) in [7, 11) is 0. The Bertz CT molecular complexity index is 449. The fraction of sp³-hybridized carbons (Fsp3) is 0.286. The van der Waals surface area contributed by atoms with E-state index in [1.165, 1.54) is 11.1 Å². The van der Waals surface area contributed by atoms with Gasteiger partial charge in [-0.25, -0.2) is 0 Å². The van der Waals surface area contributed by atoms with Crippen molar-refractivity contribution >= 4 is 5.82 Å². The van der Waals surface area contributed by atoms with Crippen LogP contribution in [0.15, 0.2) is 36.5 Å². The van der Waals surface area contributed by atoms with Crippen LogP contribution in [0.5, 0.6) is 0 Å². The van der Waals surface area contributed by atoms with Gasteiger partial charge in [-0.1, -0.05) is 29.8 Å². The first-order chi connectivity index (χ1) is 8.24. The Morgan fingerprint density at radius 3 is 2.76 bits per heavy atom. The molecule has 0 aliphatic carbocycles. The van der Waals surface area contributed by atoms with Crippen LogP contribution in [0, 0.1) is 13.8 Å². The van der Waals surface area contributed by atoms with E-state index < -0.39 is 0 Å². The SMILES string of the molecule is Cc1cccc(CCNc2cc(C)cnn2)c1. The van der Waals surface area contributed by atoms with Gasteiger partial charge in [0.1, 0.15) is 5.82 Å². The van der Waals surface area contributed by atoms with Crippen molar-refractivity contribution in [3.8, 4) is 0 Å². The van der Waals surface area contributed by atoms with Gasteiger partial charge in [0.25, 0.3) is 0 Å². The second kappa shape index (κ2) is 5.43. The highest BCUT2D eigenvalue weighted by molar-refractivity contribution is 5.35. The molecule has 2 aromatic rings. The molecular weight excluding hydrogens is 210 g/mol. The van der Waals surface area contributed by atoms with E-state index in [0.717, 1.165) is 24.3 Å². The van der Waals surface area contributed by atoms with Gasteiger partial charge in [0.15, 0.2) is 0 Å². The van der Waals surface area contributed by atoms with Crippen LogP contribution in [0.4, 0.5) is 5.82 Å². The zero-order valence-corrected chi connectivity index (χ0v) is 10.3. The molecular formula is C14H17N3. The number of hydrogen-bond donors (Lipinski definition) is 1. The molecule has 17 heavy (non-hydrogen) atoms. The predicted molar refractivity (Wildman–Crippen MR) is 70.1 cm³/mol. The molecule has 0 fully saturated rings. The lowest BCUT2D eigenvalue weighted by atomic mass is 10.1. The summed E-state index contributed by atoms with van der Waals surface area (Å²) in [5.41, 5.74) is 3.77. The van der Waals surface area contributed by atoms with E-state index >= 15 is 0 Å². The molecule has 1 heterocycles. The Kier molecular flexibility index (Phi) is 3.70. The molecule has 0 bridgehead atoms. The first-order valence-electron chi connectivity index (χ1n) is 5.83. The first kappa shape index (κ1) is 11.6. The fourth-order valence-corrected chi connectivity index (χ4v) is 1.75. The van der Waals surface area contributed by atoms with Crippen LogP contribution in [-0.4, -0.2) is 16.7 Å². The minimum absolute atomic E-state index is 0.845. The van der Waals surface area contributed by atoms with Gasteiger partial charge in [-0.05, 0) is 37.5 Å². The van der Waals surface area contributed by atoms with Crippen molar-refractivity contribution in [3.05, 3.63) is 53.2 Å². The summed E-state index contributed by atoms with van der Waals surface area (Å²) in [6.45, 7) is 5.00. The van der Waals surface area contributed by atoms with E-state index in [1.807, 2.05) is 13.0 Å². The summed E-state index contributed by atoms with van der Waals surface area (Å²) in [6, 6.07) is 10.6. The number of benzene rings is 1. The van der Waals surface area contributed by atoms with Crippen LogP contribution in [0.2, 0.25) is 0 Å². The molecule has 1 aromatic heterocycles. The Balaban J connectivity index is 1.87. The Morgan fingerprint density at radius 2 is 2.00 bits per heavy atom. The second-order valence-corrected chi connectivity index (χ2v) is 4.28. The lowest BCUT2D eigenvalue weighted by Crippen LogP contribution is -2.07. The molecule has 2 rings (SSSR count). The third-order valence-electron chi connectivity index (χ3n) is 2.59. The first-order valence-corrected chi connectivity index (χ1v) is 5.83. The molecule has 0 aliphatic heterocycles. The average Bonchev–Trinajstić information content (AvgIpc) is 2.29. The van der Waals surface area contributed by atoms with Gasteiger partial charge in [0.05, 0.1) is 6.20 Å². The maximum Gasteiger partial charge on any atom is 0.148 e. The number of nitrogens with one attached hydrogen (secondary N) is 1. The van der Waals surface area contributed by atoms with E-state index in [0.29, 0.717) is 0 Å². The third kappa shape index (κ3) is 3.55. The molecule has 88 valence electrons. The highest BCUT2D eigenvalue weighted by Gasteiger charge is 1.96. The van der Waals surface area contributed by atoms with Gasteiger partial charge in [-0.2, -0.15) is 5.10 Å². The van der Waals surface area contributed by atoms with Crippen LogP contribution in [0.1, 0.15) is 16.7 Å². The molecule has 3 nitrogen and oxygen atoms in total. The Morgan fingerprint density at radius 1 is 1.12 bits per heavy atom. The monoisotopic (exact) mass is 227 g/mol. The van der Waals surface area contributed by atoms with E-state index in [9.17, 15) is 0 Å². The summed E-state index contributed by atoms with van der Waals surface area (Å²) < 4.78 is 0. The molecule has 3 heteroatoms. The normalized spacial score (nSPS) is 10.2. The molecule has 0 saturated carbocycles. The maximum absolute atomic E-state index is 4.03. The minimum Gasteiger partial charge on any atom is -0.368 e. The predicted octanol–water partition coefficient (Wildman–Crippen LogP) is 2.75. The van der Waals surface area contributed by atoms with Crippen molar-refractivity contribution in [1.82, 2.24) is 10.2 Å². The van der Waals surface area contributed by atoms with Gasteiger partial charge in [0.2, 0.25) is 0 Å². The Hall–Kier alpha value is -1.90. The van der Waals surface area contributed by atoms with Gasteiger partial charge < -0.3 is 5.32 Å². The van der Waals surface area contributed by atoms with E-state index in [2.05, 4.69) is 46.7 Å². The summed E-state index contributed by atoms with van der Waals surface area (Å²) in [4.78, 5) is 0. The van der Waals surface area contributed by atoms with Gasteiger partial charge in [0, 0.05) is 6.54 Å². The van der Waals surface area contributed by atoms with E-state index in [4.69, 9.17) is 0 Å². The molecule has 0 saturated heterocycles. The van der Waals surface area contributed by atoms with Crippen molar-refractivity contribution in [2.24, 2.45) is 0 Å². The summed E-state index contributed by atoms with van der Waals surface area (Å²) in [6.07, 6.45) is 2.75. The molecule has 1 N–H and O–H groups in total. The van der Waals surface area contributed by atoms with Crippen molar-refractivity contribution in [2.75, 3.05) is 11.9 Å². The van der Waals surface area contributed by atoms with Crippen molar-refractivity contribution < 1.29 is 0 Å². The topological polar surface area (TPSA) is 37.8 Å². The highest BCUT2D eigenvalue weighted by atomic mass is 15.2. The minimum atomic E-state index is 0.845. The number of rotatable bonds is 4. The standard InChI is InChI=1S/C14H17N3/c1-11-4-3-5-13(8-11)6-7-15-14-9-12(2)10-16-17-14/h3-5,8-10H,6-7H2,1-2H3,(H,15,17). The number of aromatic nitrogens is 2. The summed E-state index contributed by atoms with van der Waals surface area (Å²) >= 11 is 0. The molecule has 0 radical (unpaired) electrons. The van der Waals surface area contributed by atoms with Crippen molar-refractivity contribution in [3.63, 3.8) is 0 Å². The van der Waals surface area contributed by atoms with Gasteiger partial charge >= 0.3 is 0 Å². The van der Waals surface area contributed by atoms with E-state index in [-0.39, 0.29) is 0 Å². The van der Waals surface area contributed by atoms with Crippen LogP contribution < -0.4 is 5.32 Å². The largest absolute Gasteiger partial charge is 0.368 e. The molecule has 0 atom stereocenters. The third-order valence-corrected chi connectivity index (χ3v) is 2.59. The van der Waals surface area contributed by atoms with Crippen LogP contribution in [-0.2, 0) is 6.42 Å². The highest BCUT2D eigenvalue weighted by Crippen LogP contribution is 2.06. The van der Waals surface area contributed by atoms with Gasteiger partial charge in [-0.15, -0.1) is 5.10 Å².